The Morgan fingerprint density at radius 2 is 1.27 bits per heavy atom. The van der Waals surface area contributed by atoms with Crippen molar-refractivity contribution in [3.63, 3.8) is 0 Å². The van der Waals surface area contributed by atoms with Crippen molar-refractivity contribution in [3.05, 3.63) is 106 Å². The zero-order chi connectivity index (χ0) is 36.5. The van der Waals surface area contributed by atoms with Gasteiger partial charge in [-0.3, -0.25) is 23.7 Å². The van der Waals surface area contributed by atoms with Crippen LogP contribution in [0, 0.1) is 0 Å². The number of imidazole rings is 2. The molecule has 0 atom stereocenters. The molecule has 2 aromatic heterocycles. The highest BCUT2D eigenvalue weighted by Gasteiger charge is 2.41. The average molecular weight is 685 g/mol. The summed E-state index contributed by atoms with van der Waals surface area (Å²) in [7, 11) is 1.57. The topological polar surface area (TPSA) is 139 Å². The summed E-state index contributed by atoms with van der Waals surface area (Å²) in [5, 5.41) is 0. The zero-order valence-corrected chi connectivity index (χ0v) is 29.4. The lowest BCUT2D eigenvalue weighted by Gasteiger charge is -2.27. The minimum atomic E-state index is -1.13. The summed E-state index contributed by atoms with van der Waals surface area (Å²) >= 11 is 0. The highest BCUT2D eigenvalue weighted by atomic mass is 16.6. The van der Waals surface area contributed by atoms with Crippen molar-refractivity contribution in [2.75, 3.05) is 7.11 Å². The van der Waals surface area contributed by atoms with Crippen molar-refractivity contribution in [1.82, 2.24) is 19.1 Å². The normalized spacial score (nSPS) is 13.7. The Hall–Kier alpha value is -5.97. The van der Waals surface area contributed by atoms with Gasteiger partial charge in [0.25, 0.3) is 11.6 Å². The molecule has 0 fully saturated rings. The maximum atomic E-state index is 14.0. The summed E-state index contributed by atoms with van der Waals surface area (Å²) in [5.41, 5.74) is 2.52. The molecule has 3 aromatic carbocycles. The van der Waals surface area contributed by atoms with Crippen molar-refractivity contribution in [3.8, 4) is 34.0 Å². The van der Waals surface area contributed by atoms with Crippen LogP contribution in [-0.2, 0) is 11.2 Å². The number of carbonyl (C=O) groups excluding carboxylic acids is 5. The smallest absolute Gasteiger partial charge is 0.420 e. The van der Waals surface area contributed by atoms with Crippen LogP contribution in [0.25, 0.3) is 28.2 Å². The van der Waals surface area contributed by atoms with E-state index in [1.165, 1.54) is 0 Å². The lowest BCUT2D eigenvalue weighted by atomic mass is 9.87. The Balaban J connectivity index is 1.25. The van der Waals surface area contributed by atoms with Gasteiger partial charge >= 0.3 is 6.09 Å². The van der Waals surface area contributed by atoms with Crippen molar-refractivity contribution < 1.29 is 33.4 Å². The van der Waals surface area contributed by atoms with Crippen LogP contribution >= 0.6 is 0 Å². The van der Waals surface area contributed by atoms with E-state index in [1.807, 2.05) is 39.8 Å². The van der Waals surface area contributed by atoms with E-state index in [2.05, 4.69) is 4.98 Å². The number of hydrogen-bond donors (Lipinski definition) is 0. The molecule has 0 N–H and O–H groups in total. The summed E-state index contributed by atoms with van der Waals surface area (Å²) in [6.45, 7) is 11.1. The predicted molar refractivity (Wildman–Crippen MR) is 188 cm³/mol. The largest absolute Gasteiger partial charge is 0.497 e. The second-order valence-corrected chi connectivity index (χ2v) is 14.1. The van der Waals surface area contributed by atoms with Crippen molar-refractivity contribution in [1.29, 1.82) is 0 Å². The second kappa shape index (κ2) is 12.1. The lowest BCUT2D eigenvalue weighted by Crippen LogP contribution is -2.35. The van der Waals surface area contributed by atoms with Crippen LogP contribution in [0.4, 0.5) is 4.79 Å². The first-order chi connectivity index (χ1) is 24.2. The highest BCUT2D eigenvalue weighted by Crippen LogP contribution is 2.39. The quantitative estimate of drug-likeness (QED) is 0.160. The van der Waals surface area contributed by atoms with E-state index < -0.39 is 34.8 Å². The highest BCUT2D eigenvalue weighted by molar-refractivity contribution is 6.53. The van der Waals surface area contributed by atoms with Crippen molar-refractivity contribution in [2.45, 2.75) is 65.4 Å². The van der Waals surface area contributed by atoms with Gasteiger partial charge in [-0.1, -0.05) is 58.0 Å². The lowest BCUT2D eigenvalue weighted by molar-refractivity contribution is 0.0390. The molecule has 0 aliphatic heterocycles. The molecule has 5 aromatic rings. The third-order valence-corrected chi connectivity index (χ3v) is 9.20. The van der Waals surface area contributed by atoms with Gasteiger partial charge in [0.15, 0.2) is 0 Å². The van der Waals surface area contributed by atoms with Gasteiger partial charge in [0.1, 0.15) is 45.8 Å². The van der Waals surface area contributed by atoms with Crippen LogP contribution in [0.2, 0.25) is 0 Å². The molecule has 7 rings (SSSR count). The fraction of sp³-hybridized carbons (Fsp3) is 0.275. The van der Waals surface area contributed by atoms with Gasteiger partial charge in [0.2, 0.25) is 11.6 Å². The molecular formula is C40H36N4O7. The van der Waals surface area contributed by atoms with E-state index in [9.17, 15) is 24.0 Å². The Kier molecular flexibility index (Phi) is 7.96. The number of carbonyl (C=O) groups is 5. The SMILES string of the molecule is COc1ccc(-n2c(C(C)C)nc3c2C(=O)C(=O)c2ccc(CC(C)(C)OC(=O)n4c(C(C)C)nc5c4C(=O)C(=O)c4ccccc4-5)cc2-3)cc1. The van der Waals surface area contributed by atoms with E-state index in [4.69, 9.17) is 14.5 Å². The molecule has 2 aliphatic carbocycles. The molecule has 0 spiro atoms. The Labute approximate surface area is 294 Å². The molecule has 258 valence electrons. The van der Waals surface area contributed by atoms with Gasteiger partial charge in [-0.15, -0.1) is 0 Å². The van der Waals surface area contributed by atoms with Gasteiger partial charge in [0.05, 0.1) is 7.11 Å². The fourth-order valence-electron chi connectivity index (χ4n) is 6.87. The third kappa shape index (κ3) is 5.40. The van der Waals surface area contributed by atoms with Gasteiger partial charge in [0, 0.05) is 46.2 Å². The number of Topliss-reactive ketones (excluding diaryl/α,β-unsaturated/α-hetero) is 4. The zero-order valence-electron chi connectivity index (χ0n) is 29.4. The standard InChI is InChI=1S/C40H36N4O7/c1-20(2)37-42-30-28-18-22(12-17-27(28)34(46)35(47)31(30)43(37)23-13-15-24(50-7)16-14-23)19-40(5,6)51-39(49)44-32-29(41-38(44)21(3)4)25-10-8-9-11-26(25)33(45)36(32)48/h8-18,20-21H,19H2,1-7H3. The van der Waals surface area contributed by atoms with E-state index in [0.29, 0.717) is 39.9 Å². The number of methoxy groups -OCH3 is 1. The van der Waals surface area contributed by atoms with Gasteiger partial charge in [-0.2, -0.15) is 0 Å². The number of nitrogens with zero attached hydrogens (tertiary/aromatic N) is 4. The Morgan fingerprint density at radius 1 is 0.706 bits per heavy atom. The van der Waals surface area contributed by atoms with E-state index in [0.717, 1.165) is 10.1 Å². The van der Waals surface area contributed by atoms with Crippen LogP contribution in [0.15, 0.2) is 66.7 Å². The Bertz CT molecular complexity index is 2320. The molecule has 0 unspecified atom stereocenters. The second-order valence-electron chi connectivity index (χ2n) is 14.1. The first-order valence-electron chi connectivity index (χ1n) is 16.8. The van der Waals surface area contributed by atoms with E-state index in [1.54, 1.807) is 80.1 Å². The van der Waals surface area contributed by atoms with E-state index >= 15 is 0 Å². The number of rotatable bonds is 7. The van der Waals surface area contributed by atoms with Crippen molar-refractivity contribution >= 4 is 29.2 Å². The molecule has 0 saturated heterocycles. The maximum Gasteiger partial charge on any atom is 0.420 e. The van der Waals surface area contributed by atoms with Crippen molar-refractivity contribution in [2.24, 2.45) is 0 Å². The maximum absolute atomic E-state index is 14.0. The summed E-state index contributed by atoms with van der Waals surface area (Å²) < 4.78 is 14.2. The first kappa shape index (κ1) is 33.5. The van der Waals surface area contributed by atoms with Crippen LogP contribution in [0.5, 0.6) is 5.75 Å². The van der Waals surface area contributed by atoms with Gasteiger partial charge in [-0.05, 0) is 55.8 Å². The van der Waals surface area contributed by atoms with Crippen LogP contribution < -0.4 is 4.74 Å². The van der Waals surface area contributed by atoms with Crippen LogP contribution in [-0.4, -0.2) is 61.0 Å². The number of benzene rings is 3. The summed E-state index contributed by atoms with van der Waals surface area (Å²) in [6.07, 6.45) is -0.623. The average Bonchev–Trinajstić information content (AvgIpc) is 3.71. The minimum absolute atomic E-state index is 0.0779. The van der Waals surface area contributed by atoms with Crippen LogP contribution in [0.3, 0.4) is 0 Å². The van der Waals surface area contributed by atoms with Gasteiger partial charge < -0.3 is 9.47 Å². The van der Waals surface area contributed by atoms with Gasteiger partial charge in [-0.25, -0.2) is 19.3 Å². The predicted octanol–water partition coefficient (Wildman–Crippen LogP) is 7.42. The molecule has 0 saturated carbocycles. The number of hydrogen-bond acceptors (Lipinski definition) is 9. The number of aromatic nitrogens is 4. The molecule has 51 heavy (non-hydrogen) atoms. The molecule has 11 heteroatoms. The van der Waals surface area contributed by atoms with Crippen LogP contribution in [0.1, 0.15) is 112 Å². The molecule has 11 nitrogen and oxygen atoms in total. The molecular weight excluding hydrogens is 648 g/mol. The minimum Gasteiger partial charge on any atom is -0.497 e. The molecule has 2 aliphatic rings. The fourth-order valence-corrected chi connectivity index (χ4v) is 6.87. The molecule has 0 radical (unpaired) electrons. The third-order valence-electron chi connectivity index (χ3n) is 9.20. The Morgan fingerprint density at radius 3 is 1.90 bits per heavy atom. The molecule has 2 heterocycles. The number of fused-ring (bicyclic) bond motifs is 6. The summed E-state index contributed by atoms with van der Waals surface area (Å²) in [5.74, 6) is -1.58. The first-order valence-corrected chi connectivity index (χ1v) is 16.8. The monoisotopic (exact) mass is 684 g/mol. The number of ether oxygens (including phenoxy) is 2. The summed E-state index contributed by atoms with van der Waals surface area (Å²) in [4.78, 5) is 77.1. The summed E-state index contributed by atoms with van der Waals surface area (Å²) in [6, 6.07) is 19.1. The van der Waals surface area contributed by atoms with E-state index in [-0.39, 0.29) is 46.5 Å². The number of ketones is 4. The molecule has 0 bridgehead atoms. The molecule has 0 amide bonds.